The summed E-state index contributed by atoms with van der Waals surface area (Å²) in [7, 11) is 1.99. The molecular weight excluding hydrogens is 260 g/mol. The lowest BCUT2D eigenvalue weighted by molar-refractivity contribution is 0.602. The Balaban J connectivity index is 1.62. The molecule has 1 aliphatic carbocycles. The molecule has 2 N–H and O–H groups in total. The van der Waals surface area contributed by atoms with Gasteiger partial charge >= 0.3 is 0 Å². The normalized spacial score (nSPS) is 17.2. The predicted molar refractivity (Wildman–Crippen MR) is 83.9 cm³/mol. The van der Waals surface area contributed by atoms with Gasteiger partial charge < -0.3 is 5.73 Å². The smallest absolute Gasteiger partial charge is 0.154 e. The van der Waals surface area contributed by atoms with Crippen molar-refractivity contribution in [2.75, 3.05) is 0 Å². The molecule has 3 rings (SSSR count). The Bertz CT molecular complexity index is 570. The summed E-state index contributed by atoms with van der Waals surface area (Å²) >= 11 is 0. The van der Waals surface area contributed by atoms with Crippen LogP contribution in [0.15, 0.2) is 30.3 Å². The molecule has 1 heterocycles. The minimum absolute atomic E-state index is 0.0674. The highest BCUT2D eigenvalue weighted by atomic mass is 15.3. The van der Waals surface area contributed by atoms with Crippen molar-refractivity contribution in [2.24, 2.45) is 12.8 Å². The van der Waals surface area contributed by atoms with E-state index in [0.29, 0.717) is 5.92 Å². The van der Waals surface area contributed by atoms with Gasteiger partial charge in [-0.15, -0.1) is 0 Å². The van der Waals surface area contributed by atoms with Crippen molar-refractivity contribution < 1.29 is 0 Å². The van der Waals surface area contributed by atoms with Gasteiger partial charge in [0.25, 0.3) is 0 Å². The number of benzene rings is 1. The molecule has 1 aromatic carbocycles. The van der Waals surface area contributed by atoms with Crippen LogP contribution < -0.4 is 5.73 Å². The first kappa shape index (κ1) is 14.3. The molecule has 2 aromatic rings. The van der Waals surface area contributed by atoms with Crippen LogP contribution >= 0.6 is 0 Å². The van der Waals surface area contributed by atoms with E-state index < -0.39 is 0 Å². The number of aryl methyl sites for hydroxylation is 2. The van der Waals surface area contributed by atoms with Crippen LogP contribution in [0.2, 0.25) is 0 Å². The molecule has 4 nitrogen and oxygen atoms in total. The number of hydrogen-bond donors (Lipinski definition) is 1. The number of rotatable bonds is 5. The quantitative estimate of drug-likeness (QED) is 0.918. The summed E-state index contributed by atoms with van der Waals surface area (Å²) in [5.41, 5.74) is 7.45. The van der Waals surface area contributed by atoms with E-state index >= 15 is 0 Å². The van der Waals surface area contributed by atoms with Crippen molar-refractivity contribution in [1.82, 2.24) is 14.8 Å². The van der Waals surface area contributed by atoms with Gasteiger partial charge in [0, 0.05) is 25.4 Å². The van der Waals surface area contributed by atoms with Crippen LogP contribution in [-0.4, -0.2) is 14.8 Å². The first-order valence-electron chi connectivity index (χ1n) is 7.94. The topological polar surface area (TPSA) is 56.7 Å². The van der Waals surface area contributed by atoms with Crippen molar-refractivity contribution in [3.05, 3.63) is 47.5 Å². The van der Waals surface area contributed by atoms with E-state index in [1.807, 2.05) is 29.9 Å². The second-order valence-corrected chi connectivity index (χ2v) is 6.05. The van der Waals surface area contributed by atoms with Gasteiger partial charge in [-0.3, -0.25) is 4.68 Å². The Hall–Kier alpha value is -1.68. The number of nitrogens with two attached hydrogens (primary N) is 1. The third kappa shape index (κ3) is 3.32. The van der Waals surface area contributed by atoms with E-state index in [4.69, 9.17) is 10.7 Å². The van der Waals surface area contributed by atoms with E-state index in [1.165, 1.54) is 31.2 Å². The molecule has 1 unspecified atom stereocenters. The van der Waals surface area contributed by atoms with Crippen LogP contribution in [0.1, 0.15) is 61.3 Å². The number of nitrogens with zero attached hydrogens (tertiary/aromatic N) is 3. The largest absolute Gasteiger partial charge is 0.324 e. The maximum Gasteiger partial charge on any atom is 0.154 e. The first-order chi connectivity index (χ1) is 10.2. The Kier molecular flexibility index (Phi) is 4.34. The fourth-order valence-corrected chi connectivity index (χ4v) is 3.16. The van der Waals surface area contributed by atoms with Gasteiger partial charge in [-0.2, -0.15) is 5.10 Å². The molecule has 1 aliphatic rings. The zero-order valence-corrected chi connectivity index (χ0v) is 12.7. The van der Waals surface area contributed by atoms with Crippen molar-refractivity contribution in [1.29, 1.82) is 0 Å². The molecule has 4 heteroatoms. The zero-order chi connectivity index (χ0) is 14.7. The van der Waals surface area contributed by atoms with E-state index in [9.17, 15) is 0 Å². The SMILES string of the molecule is Cn1nc(C2CCCC2)nc1CCC(N)c1ccccc1. The summed E-state index contributed by atoms with van der Waals surface area (Å²) in [5.74, 6) is 2.68. The summed E-state index contributed by atoms with van der Waals surface area (Å²) in [4.78, 5) is 4.75. The molecule has 1 saturated carbocycles. The van der Waals surface area contributed by atoms with Crippen LogP contribution in [-0.2, 0) is 13.5 Å². The molecule has 0 saturated heterocycles. The fourth-order valence-electron chi connectivity index (χ4n) is 3.16. The summed E-state index contributed by atoms with van der Waals surface area (Å²) in [6.07, 6.45) is 6.90. The van der Waals surface area contributed by atoms with Gasteiger partial charge in [-0.1, -0.05) is 43.2 Å². The molecule has 0 amide bonds. The molecule has 0 bridgehead atoms. The van der Waals surface area contributed by atoms with E-state index in [2.05, 4.69) is 17.2 Å². The Morgan fingerprint density at radius 2 is 1.95 bits per heavy atom. The molecular formula is C17H24N4. The lowest BCUT2D eigenvalue weighted by Gasteiger charge is -2.11. The minimum Gasteiger partial charge on any atom is -0.324 e. The van der Waals surface area contributed by atoms with Crippen LogP contribution in [0.3, 0.4) is 0 Å². The van der Waals surface area contributed by atoms with E-state index in [1.54, 1.807) is 0 Å². The van der Waals surface area contributed by atoms with Crippen LogP contribution in [0, 0.1) is 0 Å². The predicted octanol–water partition coefficient (Wildman–Crippen LogP) is 3.11. The van der Waals surface area contributed by atoms with Gasteiger partial charge in [0.2, 0.25) is 0 Å². The highest BCUT2D eigenvalue weighted by Gasteiger charge is 2.22. The van der Waals surface area contributed by atoms with Crippen LogP contribution in [0.4, 0.5) is 0 Å². The monoisotopic (exact) mass is 284 g/mol. The molecule has 0 radical (unpaired) electrons. The summed E-state index contributed by atoms with van der Waals surface area (Å²) < 4.78 is 1.94. The molecule has 0 aliphatic heterocycles. The molecule has 1 aromatic heterocycles. The van der Waals surface area contributed by atoms with Crippen molar-refractivity contribution in [2.45, 2.75) is 50.5 Å². The van der Waals surface area contributed by atoms with Crippen LogP contribution in [0.5, 0.6) is 0 Å². The van der Waals surface area contributed by atoms with E-state index in [-0.39, 0.29) is 6.04 Å². The molecule has 1 atom stereocenters. The van der Waals surface area contributed by atoms with Gasteiger partial charge in [-0.25, -0.2) is 4.98 Å². The first-order valence-corrected chi connectivity index (χ1v) is 7.94. The van der Waals surface area contributed by atoms with Crippen molar-refractivity contribution in [3.8, 4) is 0 Å². The molecule has 21 heavy (non-hydrogen) atoms. The summed E-state index contributed by atoms with van der Waals surface area (Å²) in [6.45, 7) is 0. The standard InChI is InChI=1S/C17H24N4/c1-21-16(19-17(20-21)14-9-5-6-10-14)12-11-15(18)13-7-3-2-4-8-13/h2-4,7-8,14-15H,5-6,9-12,18H2,1H3. The lowest BCUT2D eigenvalue weighted by atomic mass is 10.0. The highest BCUT2D eigenvalue weighted by molar-refractivity contribution is 5.18. The Morgan fingerprint density at radius 1 is 1.24 bits per heavy atom. The second-order valence-electron chi connectivity index (χ2n) is 6.05. The van der Waals surface area contributed by atoms with Gasteiger partial charge in [0.05, 0.1) is 0 Å². The molecule has 1 fully saturated rings. The third-order valence-electron chi connectivity index (χ3n) is 4.50. The maximum absolute atomic E-state index is 6.26. The lowest BCUT2D eigenvalue weighted by Crippen LogP contribution is -2.12. The third-order valence-corrected chi connectivity index (χ3v) is 4.50. The maximum atomic E-state index is 6.26. The average molecular weight is 284 g/mol. The zero-order valence-electron chi connectivity index (χ0n) is 12.7. The Labute approximate surface area is 126 Å². The fraction of sp³-hybridized carbons (Fsp3) is 0.529. The van der Waals surface area contributed by atoms with Gasteiger partial charge in [-0.05, 0) is 24.8 Å². The van der Waals surface area contributed by atoms with Crippen molar-refractivity contribution >= 4 is 0 Å². The number of hydrogen-bond acceptors (Lipinski definition) is 3. The summed E-state index contributed by atoms with van der Waals surface area (Å²) in [5, 5.41) is 4.61. The Morgan fingerprint density at radius 3 is 2.67 bits per heavy atom. The van der Waals surface area contributed by atoms with Crippen LogP contribution in [0.25, 0.3) is 0 Å². The van der Waals surface area contributed by atoms with E-state index in [0.717, 1.165) is 24.5 Å². The molecule has 112 valence electrons. The highest BCUT2D eigenvalue weighted by Crippen LogP contribution is 2.32. The summed E-state index contributed by atoms with van der Waals surface area (Å²) in [6, 6.07) is 10.3. The second kappa shape index (κ2) is 6.39. The van der Waals surface area contributed by atoms with Crippen molar-refractivity contribution in [3.63, 3.8) is 0 Å². The molecule has 0 spiro atoms. The minimum atomic E-state index is 0.0674. The number of aromatic nitrogens is 3. The van der Waals surface area contributed by atoms with Gasteiger partial charge in [0.1, 0.15) is 5.82 Å². The average Bonchev–Trinajstić information content (AvgIpc) is 3.15. The van der Waals surface area contributed by atoms with Gasteiger partial charge in [0.15, 0.2) is 5.82 Å².